The SMILES string of the molecule is CCOCCCNC(=O)C(=O)Nc1cccc2ccccc12. The van der Waals surface area contributed by atoms with Crippen LogP contribution in [0.3, 0.4) is 0 Å². The Morgan fingerprint density at radius 2 is 1.82 bits per heavy atom. The summed E-state index contributed by atoms with van der Waals surface area (Å²) in [5.74, 6) is -1.29. The number of fused-ring (bicyclic) bond motifs is 1. The molecule has 0 aliphatic heterocycles. The fourth-order valence-corrected chi connectivity index (χ4v) is 2.11. The molecule has 0 aliphatic rings. The summed E-state index contributed by atoms with van der Waals surface area (Å²) in [4.78, 5) is 23.7. The number of ether oxygens (including phenoxy) is 1. The molecule has 2 aromatic carbocycles. The Labute approximate surface area is 129 Å². The number of rotatable bonds is 6. The highest BCUT2D eigenvalue weighted by Crippen LogP contribution is 2.22. The Morgan fingerprint density at radius 1 is 1.05 bits per heavy atom. The van der Waals surface area contributed by atoms with E-state index in [2.05, 4.69) is 10.6 Å². The van der Waals surface area contributed by atoms with E-state index in [0.717, 1.165) is 10.8 Å². The van der Waals surface area contributed by atoms with Gasteiger partial charge in [0.2, 0.25) is 0 Å². The van der Waals surface area contributed by atoms with Gasteiger partial charge < -0.3 is 15.4 Å². The van der Waals surface area contributed by atoms with E-state index in [-0.39, 0.29) is 0 Å². The molecule has 0 saturated carbocycles. The van der Waals surface area contributed by atoms with E-state index < -0.39 is 11.8 Å². The van der Waals surface area contributed by atoms with Gasteiger partial charge in [0.15, 0.2) is 0 Å². The zero-order chi connectivity index (χ0) is 15.8. The van der Waals surface area contributed by atoms with Crippen LogP contribution < -0.4 is 10.6 Å². The van der Waals surface area contributed by atoms with E-state index in [1.54, 1.807) is 6.07 Å². The first kappa shape index (κ1) is 16.0. The monoisotopic (exact) mass is 300 g/mol. The van der Waals surface area contributed by atoms with Crippen LogP contribution in [0.4, 0.5) is 5.69 Å². The number of hydrogen-bond donors (Lipinski definition) is 2. The Kier molecular flexibility index (Phi) is 5.91. The zero-order valence-corrected chi connectivity index (χ0v) is 12.6. The number of benzene rings is 2. The number of amides is 2. The molecule has 0 atom stereocenters. The molecule has 0 bridgehead atoms. The van der Waals surface area contributed by atoms with Crippen LogP contribution in [0.5, 0.6) is 0 Å². The molecular formula is C17H20N2O3. The van der Waals surface area contributed by atoms with Crippen LogP contribution >= 0.6 is 0 Å². The van der Waals surface area contributed by atoms with Gasteiger partial charge in [-0.25, -0.2) is 0 Å². The van der Waals surface area contributed by atoms with Crippen LogP contribution in [0.2, 0.25) is 0 Å². The van der Waals surface area contributed by atoms with Gasteiger partial charge in [0.1, 0.15) is 0 Å². The number of hydrogen-bond acceptors (Lipinski definition) is 3. The maximum Gasteiger partial charge on any atom is 0.313 e. The molecule has 0 saturated heterocycles. The van der Waals surface area contributed by atoms with E-state index in [1.165, 1.54) is 0 Å². The van der Waals surface area contributed by atoms with Crippen molar-refractivity contribution in [3.8, 4) is 0 Å². The summed E-state index contributed by atoms with van der Waals surface area (Å²) >= 11 is 0. The van der Waals surface area contributed by atoms with E-state index in [0.29, 0.717) is 31.9 Å². The van der Waals surface area contributed by atoms with Crippen LogP contribution in [-0.4, -0.2) is 31.6 Å². The zero-order valence-electron chi connectivity index (χ0n) is 12.6. The molecule has 22 heavy (non-hydrogen) atoms. The van der Waals surface area contributed by atoms with Crippen molar-refractivity contribution in [2.45, 2.75) is 13.3 Å². The van der Waals surface area contributed by atoms with E-state index in [9.17, 15) is 9.59 Å². The van der Waals surface area contributed by atoms with Crippen LogP contribution in [0, 0.1) is 0 Å². The second kappa shape index (κ2) is 8.14. The Morgan fingerprint density at radius 3 is 2.64 bits per heavy atom. The summed E-state index contributed by atoms with van der Waals surface area (Å²) in [5, 5.41) is 7.15. The average Bonchev–Trinajstić information content (AvgIpc) is 2.54. The summed E-state index contributed by atoms with van der Waals surface area (Å²) in [6, 6.07) is 13.3. The molecule has 0 unspecified atom stereocenters. The molecule has 0 radical (unpaired) electrons. The first-order chi connectivity index (χ1) is 10.7. The smallest absolute Gasteiger partial charge is 0.313 e. The van der Waals surface area contributed by atoms with Crippen molar-refractivity contribution in [2.75, 3.05) is 25.1 Å². The lowest BCUT2D eigenvalue weighted by molar-refractivity contribution is -0.136. The van der Waals surface area contributed by atoms with Crippen molar-refractivity contribution in [3.05, 3.63) is 42.5 Å². The van der Waals surface area contributed by atoms with E-state index >= 15 is 0 Å². The van der Waals surface area contributed by atoms with Gasteiger partial charge in [-0.05, 0) is 24.8 Å². The van der Waals surface area contributed by atoms with Crippen LogP contribution in [-0.2, 0) is 14.3 Å². The molecule has 2 rings (SSSR count). The molecule has 2 N–H and O–H groups in total. The minimum Gasteiger partial charge on any atom is -0.382 e. The normalized spacial score (nSPS) is 10.4. The molecule has 5 heteroatoms. The molecule has 0 fully saturated rings. The summed E-state index contributed by atoms with van der Waals surface area (Å²) < 4.78 is 5.17. The number of anilines is 1. The van der Waals surface area contributed by atoms with Crippen LogP contribution in [0.15, 0.2) is 42.5 Å². The summed E-state index contributed by atoms with van der Waals surface area (Å²) in [6.45, 7) is 3.55. The Hall–Kier alpha value is -2.40. The lowest BCUT2D eigenvalue weighted by atomic mass is 10.1. The molecule has 2 amide bonds. The molecule has 0 spiro atoms. The molecular weight excluding hydrogens is 280 g/mol. The topological polar surface area (TPSA) is 67.4 Å². The second-order valence-electron chi connectivity index (χ2n) is 4.79. The van der Waals surface area contributed by atoms with Crippen LogP contribution in [0.1, 0.15) is 13.3 Å². The number of carbonyl (C=O) groups is 2. The first-order valence-electron chi connectivity index (χ1n) is 7.37. The molecule has 116 valence electrons. The maximum atomic E-state index is 11.9. The van der Waals surface area contributed by atoms with E-state index in [4.69, 9.17) is 4.74 Å². The van der Waals surface area contributed by atoms with Gasteiger partial charge in [-0.2, -0.15) is 0 Å². The quantitative estimate of drug-likeness (QED) is 0.635. The molecule has 2 aromatic rings. The highest BCUT2D eigenvalue weighted by molar-refractivity contribution is 6.40. The van der Waals surface area contributed by atoms with Gasteiger partial charge in [-0.1, -0.05) is 36.4 Å². The van der Waals surface area contributed by atoms with Crippen molar-refractivity contribution in [2.24, 2.45) is 0 Å². The minimum absolute atomic E-state index is 0.418. The highest BCUT2D eigenvalue weighted by Gasteiger charge is 2.14. The summed E-state index contributed by atoms with van der Waals surface area (Å²) in [7, 11) is 0. The fraction of sp³-hybridized carbons (Fsp3) is 0.294. The van der Waals surface area contributed by atoms with Gasteiger partial charge in [-0.15, -0.1) is 0 Å². The standard InChI is InChI=1S/C17H20N2O3/c1-2-22-12-6-11-18-16(20)17(21)19-15-10-5-8-13-7-3-4-9-14(13)15/h3-5,7-10H,2,6,11-12H2,1H3,(H,18,20)(H,19,21). The third kappa shape index (κ3) is 4.30. The molecule has 0 heterocycles. The number of carbonyl (C=O) groups excluding carboxylic acids is 2. The van der Waals surface area contributed by atoms with Gasteiger partial charge in [0.25, 0.3) is 0 Å². The van der Waals surface area contributed by atoms with Gasteiger partial charge >= 0.3 is 11.8 Å². The van der Waals surface area contributed by atoms with Crippen molar-refractivity contribution in [3.63, 3.8) is 0 Å². The molecule has 0 aromatic heterocycles. The first-order valence-corrected chi connectivity index (χ1v) is 7.37. The fourth-order valence-electron chi connectivity index (χ4n) is 2.11. The second-order valence-corrected chi connectivity index (χ2v) is 4.79. The predicted octanol–water partition coefficient (Wildman–Crippen LogP) is 2.32. The average molecular weight is 300 g/mol. The van der Waals surface area contributed by atoms with Crippen molar-refractivity contribution in [1.82, 2.24) is 5.32 Å². The Bertz CT molecular complexity index is 650. The molecule has 5 nitrogen and oxygen atoms in total. The Balaban J connectivity index is 1.92. The van der Waals surface area contributed by atoms with Crippen molar-refractivity contribution >= 4 is 28.3 Å². The molecule has 0 aliphatic carbocycles. The van der Waals surface area contributed by atoms with Crippen molar-refractivity contribution in [1.29, 1.82) is 0 Å². The largest absolute Gasteiger partial charge is 0.382 e. The van der Waals surface area contributed by atoms with Gasteiger partial charge in [0.05, 0.1) is 0 Å². The summed E-state index contributed by atoms with van der Waals surface area (Å²) in [5.41, 5.74) is 0.632. The lowest BCUT2D eigenvalue weighted by Crippen LogP contribution is -2.36. The predicted molar refractivity (Wildman–Crippen MR) is 86.7 cm³/mol. The minimum atomic E-state index is -0.659. The van der Waals surface area contributed by atoms with Crippen molar-refractivity contribution < 1.29 is 14.3 Å². The highest BCUT2D eigenvalue weighted by atomic mass is 16.5. The third-order valence-electron chi connectivity index (χ3n) is 3.20. The van der Waals surface area contributed by atoms with E-state index in [1.807, 2.05) is 43.3 Å². The van der Waals surface area contributed by atoms with Gasteiger partial charge in [0, 0.05) is 30.8 Å². The summed E-state index contributed by atoms with van der Waals surface area (Å²) in [6.07, 6.45) is 0.682. The lowest BCUT2D eigenvalue weighted by Gasteiger charge is -2.09. The maximum absolute atomic E-state index is 11.9. The van der Waals surface area contributed by atoms with Crippen LogP contribution in [0.25, 0.3) is 10.8 Å². The van der Waals surface area contributed by atoms with Gasteiger partial charge in [-0.3, -0.25) is 9.59 Å². The third-order valence-corrected chi connectivity index (χ3v) is 3.20. The number of nitrogens with one attached hydrogen (secondary N) is 2.